The van der Waals surface area contributed by atoms with Gasteiger partial charge in [0.1, 0.15) is 11.4 Å². The lowest BCUT2D eigenvalue weighted by Gasteiger charge is -2.32. The van der Waals surface area contributed by atoms with Gasteiger partial charge in [-0.3, -0.25) is 4.79 Å². The second kappa shape index (κ2) is 4.46. The Morgan fingerprint density at radius 2 is 2.29 bits per heavy atom. The van der Waals surface area contributed by atoms with Crippen LogP contribution in [0.2, 0.25) is 0 Å². The van der Waals surface area contributed by atoms with Crippen molar-refractivity contribution in [3.05, 3.63) is 0 Å². The quantitative estimate of drug-likeness (QED) is 0.562. The molecule has 1 aliphatic carbocycles. The Labute approximate surface area is 93.5 Å². The zero-order valence-electron chi connectivity index (χ0n) is 8.55. The number of hydrogen-bond acceptors (Lipinski definition) is 2. The first-order valence-electron chi connectivity index (χ1n) is 4.78. The van der Waals surface area contributed by atoms with Gasteiger partial charge in [0.15, 0.2) is 0 Å². The van der Waals surface area contributed by atoms with Crippen molar-refractivity contribution in [3.8, 4) is 12.3 Å². The fraction of sp³-hybridized carbons (Fsp3) is 0.727. The first kappa shape index (κ1) is 11.7. The van der Waals surface area contributed by atoms with Gasteiger partial charge in [-0.1, -0.05) is 21.9 Å². The number of carbonyl (C=O) groups excluding carboxylic acids is 1. The second-order valence-corrected chi connectivity index (χ2v) is 5.06. The summed E-state index contributed by atoms with van der Waals surface area (Å²) >= 11 is 3.36. The summed E-state index contributed by atoms with van der Waals surface area (Å²) in [6.45, 7) is 3.68. The molecule has 0 aromatic heterocycles. The lowest BCUT2D eigenvalue weighted by molar-refractivity contribution is -0.126. The highest BCUT2D eigenvalue weighted by Gasteiger charge is 2.33. The van der Waals surface area contributed by atoms with Gasteiger partial charge in [0.2, 0.25) is 0 Å². The molecule has 0 bridgehead atoms. The van der Waals surface area contributed by atoms with E-state index in [1.54, 1.807) is 0 Å². The van der Waals surface area contributed by atoms with E-state index in [4.69, 9.17) is 11.2 Å². The number of Topliss-reactive ketones (excluding diaryl/α,β-unsaturated/α-hetero) is 1. The molecule has 0 aromatic rings. The zero-order valence-corrected chi connectivity index (χ0v) is 10.1. The van der Waals surface area contributed by atoms with Crippen LogP contribution in [0.4, 0.5) is 0 Å². The predicted octanol–water partition coefficient (Wildman–Crippen LogP) is 2.30. The maximum absolute atomic E-state index is 11.4. The van der Waals surface area contributed by atoms with E-state index in [9.17, 15) is 4.79 Å². The Morgan fingerprint density at radius 3 is 2.86 bits per heavy atom. The van der Waals surface area contributed by atoms with Crippen molar-refractivity contribution in [3.63, 3.8) is 0 Å². The number of carbonyl (C=O) groups is 1. The standard InChI is InChI=1S/C11H15BrO2/c1-4-11(2,3)14-9-7-5-6-8(13)10(9)12/h1,9-10H,5-7H2,2-3H3. The summed E-state index contributed by atoms with van der Waals surface area (Å²) in [4.78, 5) is 11.2. The third-order valence-corrected chi connectivity index (χ3v) is 3.44. The van der Waals surface area contributed by atoms with Gasteiger partial charge in [0, 0.05) is 6.42 Å². The molecule has 1 fully saturated rings. The number of alkyl halides is 1. The average molecular weight is 259 g/mol. The molecule has 0 aliphatic heterocycles. The van der Waals surface area contributed by atoms with Crippen LogP contribution in [-0.2, 0) is 9.53 Å². The summed E-state index contributed by atoms with van der Waals surface area (Å²) in [5, 5.41) is 0. The number of ketones is 1. The average Bonchev–Trinajstić information content (AvgIpc) is 2.13. The fourth-order valence-corrected chi connectivity index (χ4v) is 2.10. The second-order valence-electron chi connectivity index (χ2n) is 4.07. The molecule has 14 heavy (non-hydrogen) atoms. The minimum absolute atomic E-state index is 0.0812. The summed E-state index contributed by atoms with van der Waals surface area (Å²) in [7, 11) is 0. The highest BCUT2D eigenvalue weighted by molar-refractivity contribution is 9.10. The molecule has 2 nitrogen and oxygen atoms in total. The van der Waals surface area contributed by atoms with Crippen molar-refractivity contribution < 1.29 is 9.53 Å². The van der Waals surface area contributed by atoms with E-state index in [0.717, 1.165) is 12.8 Å². The van der Waals surface area contributed by atoms with E-state index in [1.165, 1.54) is 0 Å². The van der Waals surface area contributed by atoms with Gasteiger partial charge < -0.3 is 4.74 Å². The molecule has 0 spiro atoms. The maximum atomic E-state index is 11.4. The molecule has 2 atom stereocenters. The van der Waals surface area contributed by atoms with Gasteiger partial charge in [0.05, 0.1) is 10.9 Å². The largest absolute Gasteiger partial charge is 0.358 e. The van der Waals surface area contributed by atoms with Crippen LogP contribution in [0.1, 0.15) is 33.1 Å². The lowest BCUT2D eigenvalue weighted by atomic mass is 9.95. The number of rotatable bonds is 2. The van der Waals surface area contributed by atoms with Crippen LogP contribution in [-0.4, -0.2) is 22.3 Å². The summed E-state index contributed by atoms with van der Waals surface area (Å²) < 4.78 is 5.71. The van der Waals surface area contributed by atoms with Crippen LogP contribution in [0.25, 0.3) is 0 Å². The summed E-state index contributed by atoms with van der Waals surface area (Å²) in [6, 6.07) is 0. The SMILES string of the molecule is C#CC(C)(C)OC1CCCC(=O)C1Br. The van der Waals surface area contributed by atoms with E-state index in [0.29, 0.717) is 6.42 Å². The molecular weight excluding hydrogens is 244 g/mol. The third-order valence-electron chi connectivity index (χ3n) is 2.34. The van der Waals surface area contributed by atoms with Crippen molar-refractivity contribution in [2.75, 3.05) is 0 Å². The molecule has 2 unspecified atom stereocenters. The van der Waals surface area contributed by atoms with Crippen molar-refractivity contribution in [2.45, 2.75) is 49.6 Å². The van der Waals surface area contributed by atoms with Gasteiger partial charge in [-0.15, -0.1) is 6.42 Å². The van der Waals surface area contributed by atoms with Gasteiger partial charge in [-0.05, 0) is 26.7 Å². The molecule has 0 aromatic carbocycles. The topological polar surface area (TPSA) is 26.3 Å². The highest BCUT2D eigenvalue weighted by Crippen LogP contribution is 2.27. The summed E-state index contributed by atoms with van der Waals surface area (Å²) in [5.74, 6) is 2.79. The van der Waals surface area contributed by atoms with Crippen molar-refractivity contribution in [1.82, 2.24) is 0 Å². The van der Waals surface area contributed by atoms with Crippen LogP contribution in [0.3, 0.4) is 0 Å². The Hall–Kier alpha value is -0.330. The molecule has 1 saturated carbocycles. The number of terminal acetylenes is 1. The van der Waals surface area contributed by atoms with E-state index in [2.05, 4.69) is 21.9 Å². The molecule has 3 heteroatoms. The highest BCUT2D eigenvalue weighted by atomic mass is 79.9. The predicted molar refractivity (Wildman–Crippen MR) is 59.4 cm³/mol. The van der Waals surface area contributed by atoms with Crippen molar-refractivity contribution in [1.29, 1.82) is 0 Å². The summed E-state index contributed by atoms with van der Waals surface area (Å²) in [6.07, 6.45) is 7.68. The monoisotopic (exact) mass is 258 g/mol. The Morgan fingerprint density at radius 1 is 1.64 bits per heavy atom. The van der Waals surface area contributed by atoms with Crippen LogP contribution in [0, 0.1) is 12.3 Å². The molecule has 78 valence electrons. The van der Waals surface area contributed by atoms with Crippen LogP contribution in [0.15, 0.2) is 0 Å². The number of ether oxygens (including phenoxy) is 1. The van der Waals surface area contributed by atoms with Crippen molar-refractivity contribution >= 4 is 21.7 Å². The lowest BCUT2D eigenvalue weighted by Crippen LogP contribution is -2.40. The molecule has 0 heterocycles. The van der Waals surface area contributed by atoms with E-state index < -0.39 is 5.60 Å². The van der Waals surface area contributed by atoms with Gasteiger partial charge >= 0.3 is 0 Å². The molecule has 0 radical (unpaired) electrons. The zero-order chi connectivity index (χ0) is 10.8. The molecule has 0 N–H and O–H groups in total. The Kier molecular flexibility index (Phi) is 3.74. The van der Waals surface area contributed by atoms with Crippen LogP contribution < -0.4 is 0 Å². The fourth-order valence-electron chi connectivity index (χ4n) is 1.50. The first-order valence-corrected chi connectivity index (χ1v) is 5.70. The minimum Gasteiger partial charge on any atom is -0.358 e. The summed E-state index contributed by atoms with van der Waals surface area (Å²) in [5.41, 5.74) is -0.589. The maximum Gasteiger partial charge on any atom is 0.149 e. The molecule has 1 rings (SSSR count). The van der Waals surface area contributed by atoms with Gasteiger partial charge in [-0.2, -0.15) is 0 Å². The minimum atomic E-state index is -0.589. The van der Waals surface area contributed by atoms with Crippen molar-refractivity contribution in [2.24, 2.45) is 0 Å². The smallest absolute Gasteiger partial charge is 0.149 e. The van der Waals surface area contributed by atoms with E-state index in [-0.39, 0.29) is 16.7 Å². The van der Waals surface area contributed by atoms with Crippen LogP contribution >= 0.6 is 15.9 Å². The first-order chi connectivity index (χ1) is 6.46. The van der Waals surface area contributed by atoms with E-state index >= 15 is 0 Å². The Bertz CT molecular complexity index is 265. The number of hydrogen-bond donors (Lipinski definition) is 0. The number of halogens is 1. The van der Waals surface area contributed by atoms with E-state index in [1.807, 2.05) is 13.8 Å². The van der Waals surface area contributed by atoms with Gasteiger partial charge in [0.25, 0.3) is 0 Å². The molecule has 0 amide bonds. The Balaban J connectivity index is 2.61. The van der Waals surface area contributed by atoms with Gasteiger partial charge in [-0.25, -0.2) is 0 Å². The molecule has 1 aliphatic rings. The van der Waals surface area contributed by atoms with Crippen LogP contribution in [0.5, 0.6) is 0 Å². The molecule has 0 saturated heterocycles. The molecular formula is C11H15BrO2. The third kappa shape index (κ3) is 2.83. The normalized spacial score (nSPS) is 28.6.